The zero-order chi connectivity index (χ0) is 79.2. The highest BCUT2D eigenvalue weighted by molar-refractivity contribution is 7.47. The molecule has 0 aliphatic carbocycles. The second-order valence-corrected chi connectivity index (χ2v) is 35.6. The molecule has 6 atom stereocenters. The summed E-state index contributed by atoms with van der Waals surface area (Å²) < 4.78 is 69.0. The highest BCUT2D eigenvalue weighted by Gasteiger charge is 2.31. The first kappa shape index (κ1) is 106. The fourth-order valence-corrected chi connectivity index (χ4v) is 15.5. The van der Waals surface area contributed by atoms with Crippen LogP contribution in [0.4, 0.5) is 0 Å². The van der Waals surface area contributed by atoms with Crippen molar-refractivity contribution in [3.05, 3.63) is 0 Å². The van der Waals surface area contributed by atoms with Crippen molar-refractivity contribution in [2.45, 2.75) is 496 Å². The molecule has 0 amide bonds. The second kappa shape index (κ2) is 80.3. The molecule has 0 aliphatic heterocycles. The van der Waals surface area contributed by atoms with Crippen LogP contribution in [0.2, 0.25) is 0 Å². The van der Waals surface area contributed by atoms with Crippen LogP contribution in [0.1, 0.15) is 478 Å². The number of hydrogen-bond donors (Lipinski definition) is 3. The van der Waals surface area contributed by atoms with E-state index in [2.05, 4.69) is 41.5 Å². The zero-order valence-corrected chi connectivity index (χ0v) is 73.0. The molecule has 0 fully saturated rings. The summed E-state index contributed by atoms with van der Waals surface area (Å²) in [6, 6.07) is 0. The average Bonchev–Trinajstić information content (AvgIpc) is 0.902. The lowest BCUT2D eigenvalue weighted by molar-refractivity contribution is -0.161. The Labute approximate surface area is 664 Å². The van der Waals surface area contributed by atoms with Gasteiger partial charge in [0, 0.05) is 25.7 Å². The van der Waals surface area contributed by atoms with E-state index < -0.39 is 97.5 Å². The lowest BCUT2D eigenvalue weighted by Crippen LogP contribution is -2.30. The lowest BCUT2D eigenvalue weighted by Gasteiger charge is -2.21. The highest BCUT2D eigenvalue weighted by Crippen LogP contribution is 2.45. The topological polar surface area (TPSA) is 237 Å². The third kappa shape index (κ3) is 80.7. The molecule has 0 radical (unpaired) electrons. The fourth-order valence-electron chi connectivity index (χ4n) is 13.9. The van der Waals surface area contributed by atoms with E-state index in [-0.39, 0.29) is 25.7 Å². The van der Waals surface area contributed by atoms with Gasteiger partial charge in [-0.05, 0) is 37.5 Å². The Hall–Kier alpha value is -1.94. The molecule has 17 nitrogen and oxygen atoms in total. The fraction of sp³-hybridized carbons (Fsp3) is 0.955. The maximum atomic E-state index is 13.2. The quantitative estimate of drug-likeness (QED) is 0.0222. The number of phosphoric ester groups is 2. The van der Waals surface area contributed by atoms with Crippen LogP contribution in [0, 0.1) is 11.8 Å². The van der Waals surface area contributed by atoms with E-state index in [1.807, 2.05) is 0 Å². The maximum absolute atomic E-state index is 13.2. The summed E-state index contributed by atoms with van der Waals surface area (Å²) in [5, 5.41) is 10.7. The Balaban J connectivity index is 5.22. The zero-order valence-electron chi connectivity index (χ0n) is 71.2. The lowest BCUT2D eigenvalue weighted by atomic mass is 9.99. The SMILES string of the molecule is CCCCCCCCCCCCCCCCCCCCC(=O)OC[C@H](COP(=O)(O)OC[C@@H](O)COP(=O)(O)OC[C@@H](COC(=O)CCCCCCCCCC(C)C)OC(=O)CCCCCCCCCCCCCCCCCCCC)OC(=O)CCCCCCCCCCCCCCCCCCCCC(C)CC. The van der Waals surface area contributed by atoms with Gasteiger partial charge in [-0.2, -0.15) is 0 Å². The predicted molar refractivity (Wildman–Crippen MR) is 446 cm³/mol. The molecule has 19 heteroatoms. The van der Waals surface area contributed by atoms with Gasteiger partial charge >= 0.3 is 39.5 Å². The molecule has 108 heavy (non-hydrogen) atoms. The van der Waals surface area contributed by atoms with Crippen molar-refractivity contribution >= 4 is 39.5 Å². The molecule has 0 saturated heterocycles. The number of carbonyl (C=O) groups is 4. The second-order valence-electron chi connectivity index (χ2n) is 32.7. The number of carbonyl (C=O) groups excluding carboxylic acids is 4. The van der Waals surface area contributed by atoms with E-state index in [1.54, 1.807) is 0 Å². The molecule has 0 spiro atoms. The van der Waals surface area contributed by atoms with Gasteiger partial charge in [-0.25, -0.2) is 9.13 Å². The normalized spacial score (nSPS) is 14.0. The van der Waals surface area contributed by atoms with Crippen LogP contribution < -0.4 is 0 Å². The minimum Gasteiger partial charge on any atom is -0.462 e. The first-order chi connectivity index (χ1) is 52.4. The smallest absolute Gasteiger partial charge is 0.462 e. The van der Waals surface area contributed by atoms with Crippen LogP contribution in [0.25, 0.3) is 0 Å². The third-order valence-corrected chi connectivity index (χ3v) is 23.2. The van der Waals surface area contributed by atoms with Gasteiger partial charge in [0.2, 0.25) is 0 Å². The van der Waals surface area contributed by atoms with E-state index in [0.29, 0.717) is 31.6 Å². The highest BCUT2D eigenvalue weighted by atomic mass is 31.2. The summed E-state index contributed by atoms with van der Waals surface area (Å²) >= 11 is 0. The number of esters is 4. The van der Waals surface area contributed by atoms with Crippen molar-refractivity contribution in [3.8, 4) is 0 Å². The Kier molecular flexibility index (Phi) is 78.8. The molecule has 3 unspecified atom stereocenters. The van der Waals surface area contributed by atoms with E-state index in [4.69, 9.17) is 37.0 Å². The van der Waals surface area contributed by atoms with E-state index in [1.165, 1.54) is 289 Å². The van der Waals surface area contributed by atoms with Gasteiger partial charge < -0.3 is 33.8 Å². The number of rotatable bonds is 88. The summed E-state index contributed by atoms with van der Waals surface area (Å²) in [6.45, 7) is 9.70. The number of phosphoric acid groups is 2. The standard InChI is InChI=1S/C89H174O17P2/c1-7-10-12-14-16-18-20-22-24-26-31-35-39-43-47-53-59-65-71-86(91)99-77-84(105-88(93)73-67-62-55-49-45-41-37-33-29-28-30-34-38-42-46-52-58-64-70-82(6)9-3)79-103-107(95,96)101-75-83(90)76-102-108(97,98)104-80-85(78-100-87(92)72-66-60-56-50-51-57-63-69-81(4)5)106-89(94)74-68-61-54-48-44-40-36-32-27-25-23-21-19-17-15-13-11-8-2/h81-85,90H,7-80H2,1-6H3,(H,95,96)(H,97,98)/t82?,83-,84-,85-/m1/s1. The minimum absolute atomic E-state index is 0.108. The summed E-state index contributed by atoms with van der Waals surface area (Å²) in [6.07, 6.45) is 73.7. The molecule has 0 aromatic heterocycles. The molecule has 0 saturated carbocycles. The Morgan fingerprint density at radius 3 is 0.704 bits per heavy atom. The number of ether oxygens (including phenoxy) is 4. The first-order valence-corrected chi connectivity index (χ1v) is 49.0. The number of hydrogen-bond acceptors (Lipinski definition) is 15. The Morgan fingerprint density at radius 2 is 0.472 bits per heavy atom. The molecule has 0 rings (SSSR count). The molecular formula is C89H174O17P2. The minimum atomic E-state index is -4.97. The van der Waals surface area contributed by atoms with Crippen LogP contribution in [-0.2, 0) is 65.4 Å². The monoisotopic (exact) mass is 1580 g/mol. The van der Waals surface area contributed by atoms with E-state index >= 15 is 0 Å². The van der Waals surface area contributed by atoms with Crippen molar-refractivity contribution in [1.29, 1.82) is 0 Å². The average molecular weight is 1580 g/mol. The van der Waals surface area contributed by atoms with Crippen molar-refractivity contribution in [2.75, 3.05) is 39.6 Å². The molecule has 0 heterocycles. The predicted octanol–water partition coefficient (Wildman–Crippen LogP) is 27.4. The van der Waals surface area contributed by atoms with Gasteiger partial charge in [-0.3, -0.25) is 37.3 Å². The van der Waals surface area contributed by atoms with Crippen LogP contribution >= 0.6 is 15.6 Å². The molecule has 0 bridgehead atoms. The molecule has 642 valence electrons. The molecule has 0 aromatic carbocycles. The van der Waals surface area contributed by atoms with Gasteiger partial charge in [0.05, 0.1) is 26.4 Å². The Morgan fingerprint density at radius 1 is 0.269 bits per heavy atom. The number of aliphatic hydroxyl groups excluding tert-OH is 1. The van der Waals surface area contributed by atoms with Crippen LogP contribution in [0.5, 0.6) is 0 Å². The van der Waals surface area contributed by atoms with E-state index in [0.717, 1.165) is 102 Å². The summed E-state index contributed by atoms with van der Waals surface area (Å²) in [5.74, 6) is -0.523. The van der Waals surface area contributed by atoms with E-state index in [9.17, 15) is 43.2 Å². The first-order valence-electron chi connectivity index (χ1n) is 46.0. The van der Waals surface area contributed by atoms with Gasteiger partial charge in [0.25, 0.3) is 0 Å². The van der Waals surface area contributed by atoms with Gasteiger partial charge in [-0.15, -0.1) is 0 Å². The van der Waals surface area contributed by atoms with Crippen molar-refractivity contribution in [1.82, 2.24) is 0 Å². The summed E-state index contributed by atoms with van der Waals surface area (Å²) in [7, 11) is -9.93. The van der Waals surface area contributed by atoms with Gasteiger partial charge in [0.15, 0.2) is 12.2 Å². The van der Waals surface area contributed by atoms with Gasteiger partial charge in [-0.1, -0.05) is 427 Å². The number of unbranched alkanes of at least 4 members (excludes halogenated alkanes) is 57. The maximum Gasteiger partial charge on any atom is 0.472 e. The van der Waals surface area contributed by atoms with Crippen LogP contribution in [0.15, 0.2) is 0 Å². The summed E-state index contributed by atoms with van der Waals surface area (Å²) in [5.41, 5.74) is 0. The molecule has 3 N–H and O–H groups in total. The third-order valence-electron chi connectivity index (χ3n) is 21.3. The number of aliphatic hydroxyl groups is 1. The largest absolute Gasteiger partial charge is 0.472 e. The van der Waals surface area contributed by atoms with Crippen molar-refractivity contribution < 1.29 is 80.2 Å². The van der Waals surface area contributed by atoms with Crippen LogP contribution in [0.3, 0.4) is 0 Å². The molecular weight excluding hydrogens is 1400 g/mol. The molecule has 0 aliphatic rings. The van der Waals surface area contributed by atoms with Crippen molar-refractivity contribution in [2.24, 2.45) is 11.8 Å². The van der Waals surface area contributed by atoms with Crippen LogP contribution in [-0.4, -0.2) is 96.7 Å². The summed E-state index contributed by atoms with van der Waals surface area (Å²) in [4.78, 5) is 73.3. The Bertz CT molecular complexity index is 2070. The molecule has 0 aromatic rings. The van der Waals surface area contributed by atoms with Crippen molar-refractivity contribution in [3.63, 3.8) is 0 Å². The van der Waals surface area contributed by atoms with Gasteiger partial charge in [0.1, 0.15) is 19.3 Å².